The minimum absolute atomic E-state index is 0.0566. The van der Waals surface area contributed by atoms with Crippen molar-refractivity contribution in [1.82, 2.24) is 24.4 Å². The minimum Gasteiger partial charge on any atom is -0.491 e. The molecule has 0 bridgehead atoms. The van der Waals surface area contributed by atoms with Gasteiger partial charge in [-0.3, -0.25) is 19.3 Å². The Bertz CT molecular complexity index is 2420. The van der Waals surface area contributed by atoms with Gasteiger partial charge in [0.25, 0.3) is 5.56 Å². The van der Waals surface area contributed by atoms with E-state index in [4.69, 9.17) is 21.3 Å². The number of fused-ring (bicyclic) bond motifs is 2. The second-order valence-corrected chi connectivity index (χ2v) is 13.5. The number of hydrogen-bond donors (Lipinski definition) is 1. The summed E-state index contributed by atoms with van der Waals surface area (Å²) in [6.45, 7) is 5.77. The van der Waals surface area contributed by atoms with E-state index < -0.39 is 17.3 Å². The highest BCUT2D eigenvalue weighted by atomic mass is 35.5. The van der Waals surface area contributed by atoms with Gasteiger partial charge in [-0.05, 0) is 76.8 Å². The van der Waals surface area contributed by atoms with Gasteiger partial charge in [0.2, 0.25) is 0 Å². The van der Waals surface area contributed by atoms with Crippen LogP contribution in [0.2, 0.25) is 5.02 Å². The minimum atomic E-state index is -1.05. The molecule has 0 saturated carbocycles. The lowest BCUT2D eigenvalue weighted by Crippen LogP contribution is -2.27. The molecule has 49 heavy (non-hydrogen) atoms. The fourth-order valence-electron chi connectivity index (χ4n) is 6.10. The zero-order valence-corrected chi connectivity index (χ0v) is 28.8. The molecule has 1 N–H and O–H groups in total. The van der Waals surface area contributed by atoms with E-state index in [9.17, 15) is 24.3 Å². The van der Waals surface area contributed by atoms with Gasteiger partial charge in [0.15, 0.2) is 0 Å². The molecule has 248 valence electrons. The number of carboxylic acids is 1. The first-order valence-corrected chi connectivity index (χ1v) is 16.4. The van der Waals surface area contributed by atoms with Gasteiger partial charge in [-0.15, -0.1) is 11.3 Å². The summed E-state index contributed by atoms with van der Waals surface area (Å²) in [4.78, 5) is 41.9. The van der Waals surface area contributed by atoms with E-state index in [1.165, 1.54) is 22.0 Å². The lowest BCUT2D eigenvalue weighted by molar-refractivity contribution is 0.0698. The number of aryl methyl sites for hydroxylation is 3. The lowest BCUT2D eigenvalue weighted by atomic mass is 9.91. The highest BCUT2D eigenvalue weighted by Crippen LogP contribution is 2.41. The summed E-state index contributed by atoms with van der Waals surface area (Å²) in [6, 6.07) is 12.3. The molecule has 6 rings (SSSR count). The van der Waals surface area contributed by atoms with Crippen LogP contribution >= 0.6 is 22.9 Å². The van der Waals surface area contributed by atoms with Crippen molar-refractivity contribution in [2.45, 2.75) is 33.9 Å². The van der Waals surface area contributed by atoms with Crippen molar-refractivity contribution >= 4 is 50.0 Å². The zero-order chi connectivity index (χ0) is 35.1. The van der Waals surface area contributed by atoms with E-state index in [2.05, 4.69) is 16.0 Å². The van der Waals surface area contributed by atoms with E-state index >= 15 is 0 Å². The molecule has 4 heterocycles. The second-order valence-electron chi connectivity index (χ2n) is 11.8. The van der Waals surface area contributed by atoms with Crippen LogP contribution in [0.15, 0.2) is 53.6 Å². The highest BCUT2D eigenvalue weighted by molar-refractivity contribution is 7.20. The summed E-state index contributed by atoms with van der Waals surface area (Å²) >= 11 is 7.73. The molecule has 13 heteroatoms. The fraction of sp³-hybridized carbons (Fsp3) is 0.222. The number of carbonyl (C=O) groups is 1. The molecule has 0 atom stereocenters. The van der Waals surface area contributed by atoms with Gasteiger partial charge in [-0.25, -0.2) is 14.2 Å². The van der Waals surface area contributed by atoms with Gasteiger partial charge in [0, 0.05) is 50.6 Å². The normalized spacial score (nSPS) is 11.4. The monoisotopic (exact) mass is 696 g/mol. The Morgan fingerprint density at radius 2 is 1.90 bits per heavy atom. The van der Waals surface area contributed by atoms with Crippen molar-refractivity contribution in [2.24, 2.45) is 0 Å². The third-order valence-electron chi connectivity index (χ3n) is 8.21. The molecular weight excluding hydrogens is 667 g/mol. The van der Waals surface area contributed by atoms with Gasteiger partial charge < -0.3 is 14.7 Å². The first-order chi connectivity index (χ1) is 23.4. The van der Waals surface area contributed by atoms with Crippen LogP contribution in [-0.2, 0) is 13.1 Å². The fourth-order valence-corrected chi connectivity index (χ4v) is 7.41. The molecule has 0 amide bonds. The Hall–Kier alpha value is -5.22. The van der Waals surface area contributed by atoms with E-state index in [1.807, 2.05) is 19.0 Å². The van der Waals surface area contributed by atoms with Crippen LogP contribution in [0.4, 0.5) is 4.39 Å². The second kappa shape index (κ2) is 13.4. The lowest BCUT2D eigenvalue weighted by Gasteiger charge is -2.20. The third-order valence-corrected chi connectivity index (χ3v) is 9.57. The van der Waals surface area contributed by atoms with Crippen LogP contribution < -0.4 is 10.3 Å². The van der Waals surface area contributed by atoms with Gasteiger partial charge in [-0.1, -0.05) is 11.6 Å². The summed E-state index contributed by atoms with van der Waals surface area (Å²) in [6.07, 6.45) is 2.67. The number of aromatic nitrogens is 4. The SMILES string of the molecule is Cc1ncc(F)cc1-c1c(CN(C)C)cc2nc(C)n(CCOc3ccc(Cl)cc3-c3ccnc4c(C(=O)O)c(C)sc34)c(=O)c2c1C#N. The Balaban J connectivity index is 1.41. The van der Waals surface area contributed by atoms with Crippen molar-refractivity contribution in [2.75, 3.05) is 20.7 Å². The first kappa shape index (κ1) is 33.7. The van der Waals surface area contributed by atoms with Crippen LogP contribution in [0.25, 0.3) is 43.4 Å². The largest absolute Gasteiger partial charge is 0.491 e. The number of halogens is 2. The van der Waals surface area contributed by atoms with E-state index in [0.29, 0.717) is 77.3 Å². The molecule has 0 unspecified atom stereocenters. The number of rotatable bonds is 9. The number of nitriles is 1. The molecule has 6 aromatic rings. The molecule has 0 aliphatic heterocycles. The van der Waals surface area contributed by atoms with Crippen LogP contribution in [-0.4, -0.2) is 56.2 Å². The van der Waals surface area contributed by atoms with Crippen molar-refractivity contribution in [3.8, 4) is 34.1 Å². The van der Waals surface area contributed by atoms with Crippen LogP contribution in [0.3, 0.4) is 0 Å². The predicted molar refractivity (Wildman–Crippen MR) is 188 cm³/mol. The van der Waals surface area contributed by atoms with Crippen LogP contribution in [0.1, 0.15) is 37.9 Å². The van der Waals surface area contributed by atoms with Gasteiger partial charge in [0.05, 0.1) is 45.0 Å². The van der Waals surface area contributed by atoms with E-state index in [-0.39, 0.29) is 29.7 Å². The number of carboxylic acid groups (broad SMARTS) is 1. The van der Waals surface area contributed by atoms with Crippen LogP contribution in [0, 0.1) is 37.9 Å². The number of aromatic carboxylic acids is 1. The van der Waals surface area contributed by atoms with Crippen molar-refractivity contribution in [1.29, 1.82) is 5.26 Å². The third kappa shape index (κ3) is 6.24. The number of hydrogen-bond acceptors (Lipinski definition) is 9. The van der Waals surface area contributed by atoms with Gasteiger partial charge in [-0.2, -0.15) is 5.26 Å². The number of thiophene rings is 1. The Morgan fingerprint density at radius 1 is 1.12 bits per heavy atom. The molecule has 0 saturated heterocycles. The molecule has 0 spiro atoms. The average molecular weight is 697 g/mol. The maximum atomic E-state index is 14.5. The predicted octanol–water partition coefficient (Wildman–Crippen LogP) is 7.16. The number of ether oxygens (including phenoxy) is 1. The average Bonchev–Trinajstić information content (AvgIpc) is 3.39. The van der Waals surface area contributed by atoms with Crippen molar-refractivity contribution in [3.05, 3.63) is 103 Å². The highest BCUT2D eigenvalue weighted by Gasteiger charge is 2.24. The quantitative estimate of drug-likeness (QED) is 0.167. The van der Waals surface area contributed by atoms with Crippen molar-refractivity contribution in [3.63, 3.8) is 0 Å². The summed E-state index contributed by atoms with van der Waals surface area (Å²) in [5, 5.41) is 20.8. The van der Waals surface area contributed by atoms with E-state index in [0.717, 1.165) is 6.20 Å². The Labute approximate surface area is 289 Å². The van der Waals surface area contributed by atoms with Gasteiger partial charge in [0.1, 0.15) is 30.1 Å². The molecule has 10 nitrogen and oxygen atoms in total. The summed E-state index contributed by atoms with van der Waals surface area (Å²) in [5.41, 5.74) is 4.06. The maximum Gasteiger partial charge on any atom is 0.339 e. The molecular formula is C36H30ClFN6O4S. The smallest absolute Gasteiger partial charge is 0.339 e. The van der Waals surface area contributed by atoms with Crippen LogP contribution in [0.5, 0.6) is 5.75 Å². The topological polar surface area (TPSA) is 134 Å². The molecule has 4 aromatic heterocycles. The Kier molecular flexibility index (Phi) is 9.18. The number of pyridine rings is 2. The maximum absolute atomic E-state index is 14.5. The molecule has 0 fully saturated rings. The Morgan fingerprint density at radius 3 is 2.61 bits per heavy atom. The number of benzene rings is 2. The van der Waals surface area contributed by atoms with E-state index in [1.54, 1.807) is 57.3 Å². The molecule has 0 radical (unpaired) electrons. The van der Waals surface area contributed by atoms with Crippen molar-refractivity contribution < 1.29 is 19.0 Å². The number of nitrogens with zero attached hydrogens (tertiary/aromatic N) is 6. The molecule has 0 aliphatic rings. The molecule has 2 aromatic carbocycles. The standard InChI is InChI=1S/C36H30ClFN6O4S/c1-18-25(14-23(38)16-41-18)31-21(17-43(4)5)12-28-32(27(31)15-39)35(45)44(20(3)42-28)10-11-48-29-7-6-22(37)13-26(29)24-8-9-40-33-30(36(46)47)19(2)49-34(24)33/h6-9,12-14,16H,10-11,17H2,1-5H3,(H,46,47). The first-order valence-electron chi connectivity index (χ1n) is 15.2. The molecule has 0 aliphatic carbocycles. The summed E-state index contributed by atoms with van der Waals surface area (Å²) in [7, 11) is 3.76. The summed E-state index contributed by atoms with van der Waals surface area (Å²) < 4.78 is 22.8. The summed E-state index contributed by atoms with van der Waals surface area (Å²) in [5.74, 6) is -0.701. The zero-order valence-electron chi connectivity index (χ0n) is 27.3. The van der Waals surface area contributed by atoms with Gasteiger partial charge >= 0.3 is 5.97 Å².